The molecule has 0 heterocycles. The molecule has 1 unspecified atom stereocenters. The molecular weight excluding hydrogens is 207 g/mol. The Kier molecular flexibility index (Phi) is 4.43. The van der Waals surface area contributed by atoms with Crippen molar-refractivity contribution in [2.75, 3.05) is 11.9 Å². The first-order valence-electron chi connectivity index (χ1n) is 5.31. The topological polar surface area (TPSA) is 55.1 Å². The quantitative estimate of drug-likeness (QED) is 0.822. The zero-order chi connectivity index (χ0) is 12.1. The Bertz CT molecular complexity index is 379. The first kappa shape index (κ1) is 12.6. The lowest BCUT2D eigenvalue weighted by molar-refractivity contribution is -0.119. The van der Waals surface area contributed by atoms with Crippen LogP contribution in [0.4, 0.5) is 10.1 Å². The molecule has 1 aromatic rings. The van der Waals surface area contributed by atoms with Crippen LogP contribution in [0.15, 0.2) is 18.2 Å². The van der Waals surface area contributed by atoms with Gasteiger partial charge in [-0.05, 0) is 37.6 Å². The summed E-state index contributed by atoms with van der Waals surface area (Å²) in [6.07, 6.45) is 0.596. The molecule has 3 nitrogen and oxygen atoms in total. The van der Waals surface area contributed by atoms with E-state index in [1.807, 2.05) is 6.92 Å². The lowest BCUT2D eigenvalue weighted by Gasteiger charge is -2.12. The molecule has 1 rings (SSSR count). The lowest BCUT2D eigenvalue weighted by atomic mass is 10.1. The van der Waals surface area contributed by atoms with Crippen molar-refractivity contribution in [3.8, 4) is 0 Å². The zero-order valence-electron chi connectivity index (χ0n) is 9.59. The Morgan fingerprint density at radius 3 is 2.88 bits per heavy atom. The van der Waals surface area contributed by atoms with Gasteiger partial charge in [0.1, 0.15) is 5.82 Å². The lowest BCUT2D eigenvalue weighted by Crippen LogP contribution is -2.23. The number of benzene rings is 1. The molecule has 0 spiro atoms. The van der Waals surface area contributed by atoms with E-state index in [1.54, 1.807) is 19.1 Å². The van der Waals surface area contributed by atoms with Gasteiger partial charge >= 0.3 is 0 Å². The van der Waals surface area contributed by atoms with Crippen molar-refractivity contribution in [3.63, 3.8) is 0 Å². The Balaban J connectivity index is 2.72. The van der Waals surface area contributed by atoms with E-state index in [4.69, 9.17) is 5.73 Å². The van der Waals surface area contributed by atoms with E-state index < -0.39 is 5.82 Å². The van der Waals surface area contributed by atoms with Gasteiger partial charge in [0.05, 0.1) is 5.69 Å². The van der Waals surface area contributed by atoms with Gasteiger partial charge in [-0.25, -0.2) is 4.39 Å². The summed E-state index contributed by atoms with van der Waals surface area (Å²) in [4.78, 5) is 11.6. The number of aryl methyl sites for hydroxylation is 1. The molecule has 0 aliphatic heterocycles. The Hall–Kier alpha value is -1.42. The molecule has 0 saturated carbocycles. The van der Waals surface area contributed by atoms with E-state index in [0.717, 1.165) is 5.56 Å². The maximum atomic E-state index is 13.3. The second kappa shape index (κ2) is 5.61. The standard InChI is InChI=1S/C12H17FN2O/c1-8-3-4-10(13)11(7-8)15-12(16)9(2)5-6-14/h3-4,7,9H,5-6,14H2,1-2H3,(H,15,16). The van der Waals surface area contributed by atoms with Crippen molar-refractivity contribution in [2.24, 2.45) is 11.7 Å². The average Bonchev–Trinajstić information content (AvgIpc) is 2.23. The fourth-order valence-electron chi connectivity index (χ4n) is 1.37. The maximum Gasteiger partial charge on any atom is 0.227 e. The molecule has 88 valence electrons. The fourth-order valence-corrected chi connectivity index (χ4v) is 1.37. The van der Waals surface area contributed by atoms with Crippen LogP contribution in [0.2, 0.25) is 0 Å². The molecule has 1 atom stereocenters. The summed E-state index contributed by atoms with van der Waals surface area (Å²) in [5, 5.41) is 2.57. The Morgan fingerprint density at radius 1 is 1.56 bits per heavy atom. The third-order valence-corrected chi connectivity index (χ3v) is 2.43. The summed E-state index contributed by atoms with van der Waals surface area (Å²) in [5.74, 6) is -0.821. The summed E-state index contributed by atoms with van der Waals surface area (Å²) >= 11 is 0. The normalized spacial score (nSPS) is 12.2. The van der Waals surface area contributed by atoms with E-state index in [1.165, 1.54) is 6.07 Å². The van der Waals surface area contributed by atoms with Crippen molar-refractivity contribution in [1.82, 2.24) is 0 Å². The number of hydrogen-bond donors (Lipinski definition) is 2. The average molecular weight is 224 g/mol. The minimum atomic E-state index is -0.418. The number of nitrogens with one attached hydrogen (secondary N) is 1. The Morgan fingerprint density at radius 2 is 2.25 bits per heavy atom. The summed E-state index contributed by atoms with van der Waals surface area (Å²) < 4.78 is 13.3. The number of amides is 1. The Labute approximate surface area is 94.8 Å². The minimum Gasteiger partial charge on any atom is -0.330 e. The summed E-state index contributed by atoms with van der Waals surface area (Å²) in [6, 6.07) is 4.62. The van der Waals surface area contributed by atoms with Crippen molar-refractivity contribution >= 4 is 11.6 Å². The molecule has 0 radical (unpaired) electrons. The molecule has 16 heavy (non-hydrogen) atoms. The van der Waals surface area contributed by atoms with Gasteiger partial charge in [-0.1, -0.05) is 13.0 Å². The van der Waals surface area contributed by atoms with Crippen LogP contribution in [-0.4, -0.2) is 12.5 Å². The number of nitrogens with two attached hydrogens (primary N) is 1. The van der Waals surface area contributed by atoms with Gasteiger partial charge in [-0.15, -0.1) is 0 Å². The van der Waals surface area contributed by atoms with Gasteiger partial charge in [-0.2, -0.15) is 0 Å². The number of halogens is 1. The summed E-state index contributed by atoms with van der Waals surface area (Å²) in [7, 11) is 0. The van der Waals surface area contributed by atoms with Crippen LogP contribution in [0.3, 0.4) is 0 Å². The van der Waals surface area contributed by atoms with Gasteiger partial charge in [0.25, 0.3) is 0 Å². The monoisotopic (exact) mass is 224 g/mol. The number of anilines is 1. The van der Waals surface area contributed by atoms with E-state index in [-0.39, 0.29) is 17.5 Å². The van der Waals surface area contributed by atoms with Crippen molar-refractivity contribution in [1.29, 1.82) is 0 Å². The fraction of sp³-hybridized carbons (Fsp3) is 0.417. The number of carbonyl (C=O) groups excluding carboxylic acids is 1. The van der Waals surface area contributed by atoms with Crippen LogP contribution >= 0.6 is 0 Å². The third-order valence-electron chi connectivity index (χ3n) is 2.43. The molecule has 1 aromatic carbocycles. The SMILES string of the molecule is Cc1ccc(F)c(NC(=O)C(C)CCN)c1. The largest absolute Gasteiger partial charge is 0.330 e. The third kappa shape index (κ3) is 3.31. The minimum absolute atomic E-state index is 0.199. The summed E-state index contributed by atoms with van der Waals surface area (Å²) in [5.41, 5.74) is 6.50. The molecule has 1 amide bonds. The number of rotatable bonds is 4. The first-order chi connectivity index (χ1) is 7.54. The van der Waals surface area contributed by atoms with Crippen LogP contribution in [0.1, 0.15) is 18.9 Å². The molecule has 0 fully saturated rings. The number of hydrogen-bond acceptors (Lipinski definition) is 2. The van der Waals surface area contributed by atoms with Crippen LogP contribution in [-0.2, 0) is 4.79 Å². The first-order valence-corrected chi connectivity index (χ1v) is 5.31. The van der Waals surface area contributed by atoms with Crippen molar-refractivity contribution in [2.45, 2.75) is 20.3 Å². The van der Waals surface area contributed by atoms with E-state index in [0.29, 0.717) is 13.0 Å². The van der Waals surface area contributed by atoms with Crippen LogP contribution in [0.25, 0.3) is 0 Å². The van der Waals surface area contributed by atoms with Gasteiger partial charge in [0, 0.05) is 5.92 Å². The predicted octanol–water partition coefficient (Wildman–Crippen LogP) is 2.06. The smallest absolute Gasteiger partial charge is 0.227 e. The van der Waals surface area contributed by atoms with Crippen LogP contribution < -0.4 is 11.1 Å². The van der Waals surface area contributed by atoms with E-state index in [2.05, 4.69) is 5.32 Å². The van der Waals surface area contributed by atoms with Gasteiger partial charge in [0.2, 0.25) is 5.91 Å². The molecule has 0 bridgehead atoms. The maximum absolute atomic E-state index is 13.3. The molecule has 0 aromatic heterocycles. The van der Waals surface area contributed by atoms with Gasteiger partial charge < -0.3 is 11.1 Å². The molecule has 0 aliphatic rings. The molecule has 4 heteroatoms. The van der Waals surface area contributed by atoms with Crippen LogP contribution in [0, 0.1) is 18.7 Å². The highest BCUT2D eigenvalue weighted by Gasteiger charge is 2.13. The second-order valence-corrected chi connectivity index (χ2v) is 3.95. The molecule has 3 N–H and O–H groups in total. The van der Waals surface area contributed by atoms with Gasteiger partial charge in [-0.3, -0.25) is 4.79 Å². The van der Waals surface area contributed by atoms with Gasteiger partial charge in [0.15, 0.2) is 0 Å². The molecular formula is C12H17FN2O. The molecule has 0 aliphatic carbocycles. The zero-order valence-corrected chi connectivity index (χ0v) is 9.59. The highest BCUT2D eigenvalue weighted by Crippen LogP contribution is 2.16. The van der Waals surface area contributed by atoms with E-state index >= 15 is 0 Å². The van der Waals surface area contributed by atoms with Crippen LogP contribution in [0.5, 0.6) is 0 Å². The summed E-state index contributed by atoms with van der Waals surface area (Å²) in [6.45, 7) is 4.07. The van der Waals surface area contributed by atoms with Crippen molar-refractivity contribution in [3.05, 3.63) is 29.6 Å². The number of carbonyl (C=O) groups is 1. The molecule has 0 saturated heterocycles. The van der Waals surface area contributed by atoms with E-state index in [9.17, 15) is 9.18 Å². The highest BCUT2D eigenvalue weighted by atomic mass is 19.1. The second-order valence-electron chi connectivity index (χ2n) is 3.95. The predicted molar refractivity (Wildman–Crippen MR) is 62.6 cm³/mol. The van der Waals surface area contributed by atoms with Crippen molar-refractivity contribution < 1.29 is 9.18 Å². The highest BCUT2D eigenvalue weighted by molar-refractivity contribution is 5.92.